The van der Waals surface area contributed by atoms with Crippen molar-refractivity contribution >= 4 is 27.3 Å². The molecule has 1 N–H and O–H groups in total. The van der Waals surface area contributed by atoms with Crippen molar-refractivity contribution in [1.29, 1.82) is 5.26 Å². The summed E-state index contributed by atoms with van der Waals surface area (Å²) in [7, 11) is 0. The molecule has 0 atom stereocenters. The molecule has 0 unspecified atom stereocenters. The number of aryl methyl sites for hydroxylation is 1. The molecule has 0 fully saturated rings. The van der Waals surface area contributed by atoms with Crippen LogP contribution < -0.4 is 5.32 Å². The summed E-state index contributed by atoms with van der Waals surface area (Å²) in [4.78, 5) is 0. The van der Waals surface area contributed by atoms with Gasteiger partial charge in [0.1, 0.15) is 6.07 Å². The number of anilines is 2. The predicted molar refractivity (Wildman–Crippen MR) is 78.3 cm³/mol. The first-order valence-electron chi connectivity index (χ1n) is 5.96. The molecule has 0 heterocycles. The third kappa shape index (κ3) is 3.56. The predicted octanol–water partition coefficient (Wildman–Crippen LogP) is 5.39. The summed E-state index contributed by atoms with van der Waals surface area (Å²) in [5.41, 5.74) is 1.06. The van der Waals surface area contributed by atoms with Crippen molar-refractivity contribution < 1.29 is 13.2 Å². The van der Waals surface area contributed by atoms with Crippen molar-refractivity contribution in [2.24, 2.45) is 0 Å². The van der Waals surface area contributed by atoms with E-state index in [2.05, 4.69) is 21.2 Å². The molecule has 21 heavy (non-hydrogen) atoms. The molecule has 0 aliphatic heterocycles. The molecule has 0 bridgehead atoms. The van der Waals surface area contributed by atoms with Crippen molar-refractivity contribution in [2.45, 2.75) is 13.1 Å². The number of rotatable bonds is 2. The van der Waals surface area contributed by atoms with Crippen molar-refractivity contribution in [2.75, 3.05) is 5.32 Å². The molecule has 0 aromatic heterocycles. The number of nitrogens with zero attached hydrogens (tertiary/aromatic N) is 1. The van der Waals surface area contributed by atoms with E-state index in [4.69, 9.17) is 5.26 Å². The van der Waals surface area contributed by atoms with Gasteiger partial charge in [-0.15, -0.1) is 0 Å². The van der Waals surface area contributed by atoms with Gasteiger partial charge in [-0.1, -0.05) is 22.0 Å². The van der Waals surface area contributed by atoms with Gasteiger partial charge in [0, 0.05) is 10.2 Å². The van der Waals surface area contributed by atoms with Gasteiger partial charge < -0.3 is 5.32 Å². The highest BCUT2D eigenvalue weighted by molar-refractivity contribution is 9.10. The Kier molecular flexibility index (Phi) is 4.24. The number of alkyl halides is 3. The molecule has 2 aromatic rings. The minimum absolute atomic E-state index is 0.323. The Morgan fingerprint density at radius 3 is 2.43 bits per heavy atom. The first-order chi connectivity index (χ1) is 9.81. The number of nitriles is 1. The van der Waals surface area contributed by atoms with Crippen molar-refractivity contribution in [3.63, 3.8) is 0 Å². The topological polar surface area (TPSA) is 35.8 Å². The second-order valence-corrected chi connectivity index (χ2v) is 5.37. The van der Waals surface area contributed by atoms with E-state index in [1.807, 2.05) is 6.07 Å². The van der Waals surface area contributed by atoms with Gasteiger partial charge in [-0.25, -0.2) is 0 Å². The summed E-state index contributed by atoms with van der Waals surface area (Å²) in [6.07, 6.45) is -4.40. The highest BCUT2D eigenvalue weighted by Gasteiger charge is 2.30. The van der Waals surface area contributed by atoms with E-state index < -0.39 is 11.7 Å². The molecule has 108 valence electrons. The van der Waals surface area contributed by atoms with Gasteiger partial charge in [-0.2, -0.15) is 18.4 Å². The molecule has 2 rings (SSSR count). The second-order valence-electron chi connectivity index (χ2n) is 4.45. The fourth-order valence-electron chi connectivity index (χ4n) is 1.80. The number of hydrogen-bond donors (Lipinski definition) is 1. The van der Waals surface area contributed by atoms with E-state index in [9.17, 15) is 13.2 Å². The third-order valence-electron chi connectivity index (χ3n) is 2.94. The number of hydrogen-bond acceptors (Lipinski definition) is 2. The van der Waals surface area contributed by atoms with Crippen molar-refractivity contribution in [3.8, 4) is 6.07 Å². The normalized spacial score (nSPS) is 11.0. The maximum absolute atomic E-state index is 12.8. The first kappa shape index (κ1) is 15.4. The molecule has 0 radical (unpaired) electrons. The van der Waals surface area contributed by atoms with Crippen LogP contribution in [0.2, 0.25) is 0 Å². The van der Waals surface area contributed by atoms with Gasteiger partial charge in [0.25, 0.3) is 0 Å². The quantitative estimate of drug-likeness (QED) is 0.784. The van der Waals surface area contributed by atoms with E-state index in [1.54, 1.807) is 25.1 Å². The molecular formula is C15H10BrF3N2. The zero-order chi connectivity index (χ0) is 15.6. The van der Waals surface area contributed by atoms with E-state index in [1.165, 1.54) is 6.07 Å². The monoisotopic (exact) mass is 354 g/mol. The van der Waals surface area contributed by atoms with Gasteiger partial charge in [-0.3, -0.25) is 0 Å². The first-order valence-corrected chi connectivity index (χ1v) is 6.75. The van der Waals surface area contributed by atoms with Crippen LogP contribution in [0.3, 0.4) is 0 Å². The molecule has 2 aromatic carbocycles. The van der Waals surface area contributed by atoms with E-state index in [-0.39, 0.29) is 0 Å². The lowest BCUT2D eigenvalue weighted by molar-refractivity contribution is -0.137. The summed E-state index contributed by atoms with van der Waals surface area (Å²) in [5, 5.41) is 12.0. The van der Waals surface area contributed by atoms with Crippen LogP contribution in [0, 0.1) is 18.3 Å². The minimum atomic E-state index is -4.40. The maximum atomic E-state index is 12.8. The summed E-state index contributed by atoms with van der Waals surface area (Å²) < 4.78 is 39.0. The maximum Gasteiger partial charge on any atom is 0.416 e. The fourth-order valence-corrected chi connectivity index (χ4v) is 2.16. The van der Waals surface area contributed by atoms with Gasteiger partial charge in [0.05, 0.1) is 16.8 Å². The Morgan fingerprint density at radius 1 is 1.10 bits per heavy atom. The van der Waals surface area contributed by atoms with Gasteiger partial charge in [0.2, 0.25) is 0 Å². The molecular weight excluding hydrogens is 345 g/mol. The average Bonchev–Trinajstić information content (AvgIpc) is 2.41. The lowest BCUT2D eigenvalue weighted by Crippen LogP contribution is -2.06. The van der Waals surface area contributed by atoms with Crippen LogP contribution in [0.4, 0.5) is 24.5 Å². The van der Waals surface area contributed by atoms with Gasteiger partial charge >= 0.3 is 6.18 Å². The molecule has 0 amide bonds. The third-order valence-corrected chi connectivity index (χ3v) is 3.43. The van der Waals surface area contributed by atoms with Crippen LogP contribution >= 0.6 is 15.9 Å². The van der Waals surface area contributed by atoms with E-state index in [0.717, 1.165) is 16.6 Å². The Morgan fingerprint density at radius 2 is 1.81 bits per heavy atom. The van der Waals surface area contributed by atoms with Crippen LogP contribution in [0.5, 0.6) is 0 Å². The minimum Gasteiger partial charge on any atom is -0.354 e. The molecule has 0 spiro atoms. The molecule has 0 aliphatic rings. The molecule has 0 aliphatic carbocycles. The standard InChI is InChI=1S/C15H10BrF3N2/c1-9-2-3-11(15(17,18)19)7-14(9)21-13-5-4-12(16)6-10(13)8-20/h2-7,21H,1H3. The average molecular weight is 355 g/mol. The van der Waals surface area contributed by atoms with Crippen LogP contribution in [-0.2, 0) is 6.18 Å². The van der Waals surface area contributed by atoms with E-state index >= 15 is 0 Å². The van der Waals surface area contributed by atoms with E-state index in [0.29, 0.717) is 22.5 Å². The Labute approximate surface area is 128 Å². The number of halogens is 4. The van der Waals surface area contributed by atoms with Crippen molar-refractivity contribution in [3.05, 3.63) is 57.6 Å². The lowest BCUT2D eigenvalue weighted by Gasteiger charge is -2.14. The van der Waals surface area contributed by atoms with Crippen LogP contribution in [-0.4, -0.2) is 0 Å². The fraction of sp³-hybridized carbons (Fsp3) is 0.133. The number of benzene rings is 2. The summed E-state index contributed by atoms with van der Waals surface area (Å²) in [6.45, 7) is 1.70. The molecule has 0 saturated carbocycles. The second kappa shape index (κ2) is 5.78. The molecule has 6 heteroatoms. The molecule has 0 saturated heterocycles. The highest BCUT2D eigenvalue weighted by Crippen LogP contribution is 2.33. The Balaban J connectivity index is 2.43. The zero-order valence-corrected chi connectivity index (χ0v) is 12.5. The largest absolute Gasteiger partial charge is 0.416 e. The smallest absolute Gasteiger partial charge is 0.354 e. The summed E-state index contributed by atoms with van der Waals surface area (Å²) in [5.74, 6) is 0. The lowest BCUT2D eigenvalue weighted by atomic mass is 10.1. The van der Waals surface area contributed by atoms with Gasteiger partial charge in [-0.05, 0) is 42.8 Å². The van der Waals surface area contributed by atoms with Gasteiger partial charge in [0.15, 0.2) is 0 Å². The van der Waals surface area contributed by atoms with Crippen LogP contribution in [0.15, 0.2) is 40.9 Å². The summed E-state index contributed by atoms with van der Waals surface area (Å²) >= 11 is 3.25. The summed E-state index contributed by atoms with van der Waals surface area (Å²) in [6, 6.07) is 10.4. The SMILES string of the molecule is Cc1ccc(C(F)(F)F)cc1Nc1ccc(Br)cc1C#N. The molecule has 2 nitrogen and oxygen atoms in total. The zero-order valence-electron chi connectivity index (χ0n) is 10.9. The Hall–Kier alpha value is -2.00. The number of nitrogens with one attached hydrogen (secondary N) is 1. The van der Waals surface area contributed by atoms with Crippen LogP contribution in [0.25, 0.3) is 0 Å². The van der Waals surface area contributed by atoms with Crippen molar-refractivity contribution in [1.82, 2.24) is 0 Å². The highest BCUT2D eigenvalue weighted by atomic mass is 79.9. The Bertz CT molecular complexity index is 718. The van der Waals surface area contributed by atoms with Crippen LogP contribution in [0.1, 0.15) is 16.7 Å².